The molecule has 1 N–H and O–H groups in total. The first-order chi connectivity index (χ1) is 6.86. The zero-order valence-corrected chi connectivity index (χ0v) is 9.47. The molecule has 0 radical (unpaired) electrons. The summed E-state index contributed by atoms with van der Waals surface area (Å²) in [6.07, 6.45) is 5.65. The van der Waals surface area contributed by atoms with Crippen molar-refractivity contribution in [1.29, 1.82) is 0 Å². The fourth-order valence-electron chi connectivity index (χ4n) is 2.50. The number of nitrogens with one attached hydrogen (secondary N) is 1. The van der Waals surface area contributed by atoms with E-state index in [2.05, 4.69) is 17.1 Å². The van der Waals surface area contributed by atoms with E-state index in [0.29, 0.717) is 0 Å². The van der Waals surface area contributed by atoms with Gasteiger partial charge in [-0.05, 0) is 63.7 Å². The average molecular weight is 196 g/mol. The van der Waals surface area contributed by atoms with Crippen LogP contribution in [0, 0.1) is 11.8 Å². The van der Waals surface area contributed by atoms with Crippen molar-refractivity contribution in [3.05, 3.63) is 0 Å². The van der Waals surface area contributed by atoms with Gasteiger partial charge in [0.05, 0.1) is 0 Å². The van der Waals surface area contributed by atoms with Crippen LogP contribution in [0.5, 0.6) is 0 Å². The Bertz CT molecular complexity index is 158. The van der Waals surface area contributed by atoms with Crippen LogP contribution in [-0.4, -0.2) is 37.6 Å². The molecular formula is C12H24N2. The third-order valence-electron chi connectivity index (χ3n) is 3.63. The van der Waals surface area contributed by atoms with Gasteiger partial charge in [0.2, 0.25) is 0 Å². The molecular weight excluding hydrogens is 172 g/mol. The Morgan fingerprint density at radius 2 is 1.86 bits per heavy atom. The maximum atomic E-state index is 3.47. The van der Waals surface area contributed by atoms with Crippen molar-refractivity contribution in [2.45, 2.75) is 32.6 Å². The molecule has 2 heteroatoms. The lowest BCUT2D eigenvalue weighted by Crippen LogP contribution is -2.36. The van der Waals surface area contributed by atoms with Crippen LogP contribution in [0.4, 0.5) is 0 Å². The second kappa shape index (κ2) is 5.13. The smallest absolute Gasteiger partial charge is 0.000968 e. The number of hydrogen-bond acceptors (Lipinski definition) is 2. The minimum Gasteiger partial charge on any atom is -0.317 e. The summed E-state index contributed by atoms with van der Waals surface area (Å²) in [6.45, 7) is 8.84. The predicted octanol–water partition coefficient (Wildman–Crippen LogP) is 1.72. The molecule has 1 unspecified atom stereocenters. The van der Waals surface area contributed by atoms with Crippen LogP contribution in [0.25, 0.3) is 0 Å². The first-order valence-electron chi connectivity index (χ1n) is 6.29. The second-order valence-corrected chi connectivity index (χ2v) is 5.07. The lowest BCUT2D eigenvalue weighted by molar-refractivity contribution is 0.212. The Balaban J connectivity index is 1.70. The lowest BCUT2D eigenvalue weighted by atomic mass is 10.1. The summed E-state index contributed by atoms with van der Waals surface area (Å²) in [5, 5.41) is 3.47. The first kappa shape index (κ1) is 10.4. The lowest BCUT2D eigenvalue weighted by Gasteiger charge is -2.27. The van der Waals surface area contributed by atoms with E-state index >= 15 is 0 Å². The Morgan fingerprint density at radius 3 is 2.43 bits per heavy atom. The topological polar surface area (TPSA) is 15.3 Å². The minimum atomic E-state index is 0.947. The third-order valence-corrected chi connectivity index (χ3v) is 3.63. The van der Waals surface area contributed by atoms with Crippen LogP contribution >= 0.6 is 0 Å². The van der Waals surface area contributed by atoms with Gasteiger partial charge < -0.3 is 10.2 Å². The highest BCUT2D eigenvalue weighted by Crippen LogP contribution is 2.36. The van der Waals surface area contributed by atoms with Gasteiger partial charge in [0.25, 0.3) is 0 Å². The molecule has 0 aromatic heterocycles. The molecule has 82 valence electrons. The van der Waals surface area contributed by atoms with Crippen LogP contribution in [0.15, 0.2) is 0 Å². The Kier molecular flexibility index (Phi) is 3.82. The molecule has 1 aliphatic heterocycles. The molecule has 0 aromatic rings. The summed E-state index contributed by atoms with van der Waals surface area (Å²) in [4.78, 5) is 2.68. The van der Waals surface area contributed by atoms with E-state index in [1.807, 2.05) is 0 Å². The van der Waals surface area contributed by atoms with Crippen molar-refractivity contribution in [2.24, 2.45) is 11.8 Å². The molecule has 1 atom stereocenters. The first-order valence-corrected chi connectivity index (χ1v) is 6.29. The van der Waals surface area contributed by atoms with Gasteiger partial charge >= 0.3 is 0 Å². The van der Waals surface area contributed by atoms with E-state index in [4.69, 9.17) is 0 Å². The van der Waals surface area contributed by atoms with Crippen LogP contribution in [0.1, 0.15) is 32.6 Å². The van der Waals surface area contributed by atoms with Gasteiger partial charge in [0.15, 0.2) is 0 Å². The molecule has 0 aromatic carbocycles. The van der Waals surface area contributed by atoms with E-state index in [0.717, 1.165) is 11.8 Å². The van der Waals surface area contributed by atoms with E-state index in [-0.39, 0.29) is 0 Å². The quantitative estimate of drug-likeness (QED) is 0.739. The van der Waals surface area contributed by atoms with Gasteiger partial charge in [-0.1, -0.05) is 6.92 Å². The second-order valence-electron chi connectivity index (χ2n) is 5.07. The maximum absolute atomic E-state index is 3.47. The molecule has 0 spiro atoms. The molecule has 1 heterocycles. The average Bonchev–Trinajstić information content (AvgIpc) is 2.91. The van der Waals surface area contributed by atoms with E-state index in [1.54, 1.807) is 0 Å². The summed E-state index contributed by atoms with van der Waals surface area (Å²) in [5.74, 6) is 2.01. The van der Waals surface area contributed by atoms with Crippen molar-refractivity contribution >= 4 is 0 Å². The summed E-state index contributed by atoms with van der Waals surface area (Å²) in [5.41, 5.74) is 0. The van der Waals surface area contributed by atoms with Gasteiger partial charge in [-0.15, -0.1) is 0 Å². The molecule has 0 bridgehead atoms. The Hall–Kier alpha value is -0.0800. The summed E-state index contributed by atoms with van der Waals surface area (Å²) < 4.78 is 0. The van der Waals surface area contributed by atoms with Crippen LogP contribution < -0.4 is 5.32 Å². The van der Waals surface area contributed by atoms with Crippen molar-refractivity contribution in [1.82, 2.24) is 10.2 Å². The largest absolute Gasteiger partial charge is 0.317 e. The molecule has 1 aliphatic carbocycles. The van der Waals surface area contributed by atoms with Crippen molar-refractivity contribution in [3.63, 3.8) is 0 Å². The molecule has 1 saturated carbocycles. The SMILES string of the molecule is CC(CN1CCCNCCC1)C1CC1. The summed E-state index contributed by atoms with van der Waals surface area (Å²) in [6, 6.07) is 0. The van der Waals surface area contributed by atoms with E-state index < -0.39 is 0 Å². The number of hydrogen-bond donors (Lipinski definition) is 1. The normalized spacial score (nSPS) is 28.1. The highest BCUT2D eigenvalue weighted by atomic mass is 15.1. The molecule has 2 aliphatic rings. The summed E-state index contributed by atoms with van der Waals surface area (Å²) in [7, 11) is 0. The van der Waals surface area contributed by atoms with Crippen LogP contribution in [0.3, 0.4) is 0 Å². The van der Waals surface area contributed by atoms with Crippen molar-refractivity contribution in [3.8, 4) is 0 Å². The zero-order valence-electron chi connectivity index (χ0n) is 9.47. The Labute approximate surface area is 88.1 Å². The third kappa shape index (κ3) is 3.25. The zero-order chi connectivity index (χ0) is 9.80. The molecule has 0 amide bonds. The van der Waals surface area contributed by atoms with Crippen LogP contribution in [0.2, 0.25) is 0 Å². The van der Waals surface area contributed by atoms with Gasteiger partial charge in [0.1, 0.15) is 0 Å². The number of rotatable bonds is 3. The Morgan fingerprint density at radius 1 is 1.21 bits per heavy atom. The molecule has 2 rings (SSSR count). The van der Waals surface area contributed by atoms with E-state index in [9.17, 15) is 0 Å². The van der Waals surface area contributed by atoms with Gasteiger partial charge in [-0.25, -0.2) is 0 Å². The highest BCUT2D eigenvalue weighted by Gasteiger charge is 2.28. The maximum Gasteiger partial charge on any atom is 0.000968 e. The van der Waals surface area contributed by atoms with E-state index in [1.165, 1.54) is 58.4 Å². The van der Waals surface area contributed by atoms with Gasteiger partial charge in [-0.2, -0.15) is 0 Å². The fourth-order valence-corrected chi connectivity index (χ4v) is 2.50. The minimum absolute atomic E-state index is 0.947. The number of nitrogens with zero attached hydrogens (tertiary/aromatic N) is 1. The molecule has 14 heavy (non-hydrogen) atoms. The monoisotopic (exact) mass is 196 g/mol. The molecule has 2 nitrogen and oxygen atoms in total. The van der Waals surface area contributed by atoms with Gasteiger partial charge in [-0.3, -0.25) is 0 Å². The molecule has 2 fully saturated rings. The fraction of sp³-hybridized carbons (Fsp3) is 1.00. The standard InChI is InChI=1S/C12H24N2/c1-11(12-4-5-12)10-14-8-2-6-13-7-3-9-14/h11-13H,2-10H2,1H3. The summed E-state index contributed by atoms with van der Waals surface area (Å²) >= 11 is 0. The highest BCUT2D eigenvalue weighted by molar-refractivity contribution is 4.81. The van der Waals surface area contributed by atoms with Crippen LogP contribution in [-0.2, 0) is 0 Å². The van der Waals surface area contributed by atoms with Gasteiger partial charge in [0, 0.05) is 6.54 Å². The van der Waals surface area contributed by atoms with Crippen molar-refractivity contribution < 1.29 is 0 Å². The molecule has 1 saturated heterocycles. The van der Waals surface area contributed by atoms with Crippen molar-refractivity contribution in [2.75, 3.05) is 32.7 Å². The predicted molar refractivity (Wildman–Crippen MR) is 60.4 cm³/mol.